The number of carbonyl (C=O) groups is 2. The van der Waals surface area contributed by atoms with Crippen molar-refractivity contribution in [3.05, 3.63) is 0 Å². The maximum atomic E-state index is 12.5. The van der Waals surface area contributed by atoms with E-state index in [1.54, 1.807) is 0 Å². The first-order chi connectivity index (χ1) is 23.4. The zero-order valence-electron chi connectivity index (χ0n) is 31.0. The highest BCUT2D eigenvalue weighted by Crippen LogP contribution is 2.25. The molecule has 0 heterocycles. The van der Waals surface area contributed by atoms with Gasteiger partial charge >= 0.3 is 20.2 Å². The van der Waals surface area contributed by atoms with Crippen molar-refractivity contribution in [3.8, 4) is 0 Å². The minimum Gasteiger partial charge on any atom is -0.462 e. The van der Waals surface area contributed by atoms with E-state index >= 15 is 0 Å². The fourth-order valence-electron chi connectivity index (χ4n) is 5.57. The predicted octanol–water partition coefficient (Wildman–Crippen LogP) is 10.4. The molecule has 0 aliphatic carbocycles. The number of unbranched alkanes of at least 4 members (excludes halogenated alkanes) is 24. The highest BCUT2D eigenvalue weighted by Gasteiger charge is 2.27. The molecule has 48 heavy (non-hydrogen) atoms. The molecule has 0 saturated heterocycles. The van der Waals surface area contributed by atoms with Crippen LogP contribution in [0.15, 0.2) is 0 Å². The molecule has 0 aliphatic rings. The number of ether oxygens (including phenoxy) is 2. The third kappa shape index (κ3) is 34.7. The summed E-state index contributed by atoms with van der Waals surface area (Å²) in [7, 11) is -2.61. The average Bonchev–Trinajstić information content (AvgIpc) is 3.08. The molecule has 0 aromatic rings. The molecule has 10 heteroatoms. The Morgan fingerprint density at radius 1 is 0.521 bits per heavy atom. The number of esters is 2. The molecule has 0 spiro atoms. The third-order valence-corrected chi connectivity index (χ3v) is 9.37. The quantitative estimate of drug-likeness (QED) is 0.0366. The Bertz CT molecular complexity index is 737. The normalized spacial score (nSPS) is 13.0. The fourth-order valence-corrected chi connectivity index (χ4v) is 6.23. The first-order valence-electron chi connectivity index (χ1n) is 19.8. The van der Waals surface area contributed by atoms with E-state index in [-0.39, 0.29) is 32.2 Å². The second kappa shape index (κ2) is 37.1. The molecule has 2 N–H and O–H groups in total. The number of rotatable bonds is 38. The Hall–Kier alpha value is -1.12. The van der Waals surface area contributed by atoms with Crippen molar-refractivity contribution in [1.82, 2.24) is 0 Å². The molecule has 284 valence electrons. The van der Waals surface area contributed by atoms with E-state index < -0.39 is 33.0 Å². The summed E-state index contributed by atoms with van der Waals surface area (Å²) >= 11 is 0. The van der Waals surface area contributed by atoms with E-state index in [1.807, 2.05) is 0 Å². The lowest BCUT2D eigenvalue weighted by Crippen LogP contribution is -2.29. The van der Waals surface area contributed by atoms with Gasteiger partial charge in [-0.2, -0.15) is 0 Å². The zero-order valence-corrected chi connectivity index (χ0v) is 31.9. The first kappa shape index (κ1) is 46.9. The van der Waals surface area contributed by atoms with Crippen molar-refractivity contribution in [3.63, 3.8) is 0 Å². The summed E-state index contributed by atoms with van der Waals surface area (Å²) in [4.78, 5) is 24.9. The summed E-state index contributed by atoms with van der Waals surface area (Å²) in [6.07, 6.45) is 30.2. The lowest BCUT2D eigenvalue weighted by molar-refractivity contribution is -0.161. The van der Waals surface area contributed by atoms with Crippen molar-refractivity contribution in [2.75, 3.05) is 26.4 Å². The first-order valence-corrected chi connectivity index (χ1v) is 20.9. The summed E-state index contributed by atoms with van der Waals surface area (Å²) in [5.74, 6) is -0.770. The Kier molecular flexibility index (Phi) is 36.3. The fraction of sp³-hybridized carbons (Fsp3) is 0.947. The molecule has 0 fully saturated rings. The summed E-state index contributed by atoms with van der Waals surface area (Å²) in [6.45, 7) is 3.14. The van der Waals surface area contributed by atoms with Crippen LogP contribution < -0.4 is 0 Å². The molecule has 0 aromatic carbocycles. The number of hydrogen-bond donors (Lipinski definition) is 2. The van der Waals surface area contributed by atoms with Crippen LogP contribution in [0.3, 0.4) is 0 Å². The number of aliphatic hydroxyl groups excluding tert-OH is 2. The van der Waals surface area contributed by atoms with E-state index in [1.165, 1.54) is 128 Å². The van der Waals surface area contributed by atoms with Gasteiger partial charge in [-0.3, -0.25) is 9.59 Å². The van der Waals surface area contributed by atoms with Gasteiger partial charge in [0, 0.05) is 17.4 Å². The van der Waals surface area contributed by atoms with Gasteiger partial charge in [-0.25, -0.2) is 0 Å². The molecule has 0 radical (unpaired) electrons. The molecule has 0 aliphatic heterocycles. The van der Waals surface area contributed by atoms with Crippen LogP contribution in [0.1, 0.15) is 194 Å². The average molecular weight is 706 g/mol. The van der Waals surface area contributed by atoms with Crippen LogP contribution in [-0.4, -0.2) is 60.8 Å². The molecule has 0 amide bonds. The van der Waals surface area contributed by atoms with Gasteiger partial charge in [-0.15, -0.1) is 9.05 Å². The van der Waals surface area contributed by atoms with Crippen LogP contribution >= 0.6 is 8.25 Å². The maximum Gasteiger partial charge on any atom is 0.697 e. The third-order valence-electron chi connectivity index (χ3n) is 8.65. The van der Waals surface area contributed by atoms with E-state index in [9.17, 15) is 19.3 Å². The van der Waals surface area contributed by atoms with Crippen molar-refractivity contribution in [2.24, 2.45) is 0 Å². The molecular weight excluding hydrogens is 631 g/mol. The molecule has 9 nitrogen and oxygen atoms in total. The predicted molar refractivity (Wildman–Crippen MR) is 194 cm³/mol. The van der Waals surface area contributed by atoms with E-state index in [0.717, 1.165) is 38.5 Å². The Labute approximate surface area is 294 Å². The summed E-state index contributed by atoms with van der Waals surface area (Å²) < 4.78 is 33.0. The summed E-state index contributed by atoms with van der Waals surface area (Å²) in [5.41, 5.74) is 0. The minimum absolute atomic E-state index is 0.190. The van der Waals surface area contributed by atoms with E-state index in [0.29, 0.717) is 6.42 Å². The van der Waals surface area contributed by atoms with Crippen molar-refractivity contribution >= 4 is 20.2 Å². The molecule has 0 bridgehead atoms. The second-order valence-corrected chi connectivity index (χ2v) is 14.4. The standard InChI is InChI=1S/C38H74O9P/c1-3-5-7-9-11-13-15-17-19-21-23-25-27-29-37(41)44-33-36(34-46-48(43)45-32-35(40)31-39)47-38(42)30-28-26-24-22-20-18-16-14-12-10-8-6-4-2/h35-36,39-40H,3-34H2,1-2H3/q+1/t35-,36+/m0/s1. The van der Waals surface area contributed by atoms with Gasteiger partial charge < -0.3 is 19.7 Å². The zero-order chi connectivity index (χ0) is 35.3. The Morgan fingerprint density at radius 2 is 0.875 bits per heavy atom. The van der Waals surface area contributed by atoms with E-state index in [4.69, 9.17) is 23.6 Å². The SMILES string of the molecule is CCCCCCCCCCCCCCCC(=O)OC[C@H](CO[P+](=O)OC[C@@H](O)CO)OC(=O)CCCCCCCCCCCCCCC. The van der Waals surface area contributed by atoms with Gasteiger partial charge in [0.05, 0.1) is 6.61 Å². The largest absolute Gasteiger partial charge is 0.697 e. The Balaban J connectivity index is 4.19. The van der Waals surface area contributed by atoms with Crippen LogP contribution in [-0.2, 0) is 32.7 Å². The lowest BCUT2D eigenvalue weighted by atomic mass is 10.0. The summed E-state index contributed by atoms with van der Waals surface area (Å²) in [5, 5.41) is 18.3. The highest BCUT2D eigenvalue weighted by atomic mass is 31.1. The number of aliphatic hydroxyl groups is 2. The van der Waals surface area contributed by atoms with Crippen LogP contribution in [0, 0.1) is 0 Å². The van der Waals surface area contributed by atoms with Gasteiger partial charge in [0.25, 0.3) is 0 Å². The molecule has 0 saturated carbocycles. The van der Waals surface area contributed by atoms with Crippen molar-refractivity contribution < 1.29 is 42.9 Å². The second-order valence-electron chi connectivity index (χ2n) is 13.4. The molecule has 3 atom stereocenters. The lowest BCUT2D eigenvalue weighted by Gasteiger charge is -2.16. The van der Waals surface area contributed by atoms with Crippen LogP contribution in [0.5, 0.6) is 0 Å². The molecule has 0 aromatic heterocycles. The molecule has 0 rings (SSSR count). The smallest absolute Gasteiger partial charge is 0.462 e. The van der Waals surface area contributed by atoms with Gasteiger partial charge in [0.2, 0.25) is 0 Å². The molecular formula is C38H74O9P+. The minimum atomic E-state index is -2.61. The Morgan fingerprint density at radius 3 is 1.27 bits per heavy atom. The van der Waals surface area contributed by atoms with Gasteiger partial charge in [0.1, 0.15) is 25.9 Å². The van der Waals surface area contributed by atoms with Crippen molar-refractivity contribution in [1.29, 1.82) is 0 Å². The highest BCUT2D eigenvalue weighted by molar-refractivity contribution is 7.33. The van der Waals surface area contributed by atoms with Gasteiger partial charge in [0.15, 0.2) is 6.10 Å². The van der Waals surface area contributed by atoms with Crippen LogP contribution in [0.2, 0.25) is 0 Å². The topological polar surface area (TPSA) is 129 Å². The van der Waals surface area contributed by atoms with E-state index in [2.05, 4.69) is 13.8 Å². The van der Waals surface area contributed by atoms with Crippen LogP contribution in [0.25, 0.3) is 0 Å². The summed E-state index contributed by atoms with van der Waals surface area (Å²) in [6, 6.07) is 0. The van der Waals surface area contributed by atoms with Crippen LogP contribution in [0.4, 0.5) is 0 Å². The monoisotopic (exact) mass is 706 g/mol. The van der Waals surface area contributed by atoms with Crippen molar-refractivity contribution in [2.45, 2.75) is 206 Å². The number of hydrogen-bond acceptors (Lipinski definition) is 9. The van der Waals surface area contributed by atoms with Gasteiger partial charge in [-0.1, -0.05) is 168 Å². The number of carbonyl (C=O) groups excluding carboxylic acids is 2. The maximum absolute atomic E-state index is 12.5. The molecule has 1 unspecified atom stereocenters. The van der Waals surface area contributed by atoms with Gasteiger partial charge in [-0.05, 0) is 12.8 Å².